The fourth-order valence-corrected chi connectivity index (χ4v) is 3.06. The van der Waals surface area contributed by atoms with Crippen LogP contribution in [0.2, 0.25) is 5.02 Å². The Balaban J connectivity index is 1.56. The van der Waals surface area contributed by atoms with Crippen LogP contribution in [0.4, 0.5) is 4.39 Å². The first kappa shape index (κ1) is 17.1. The van der Waals surface area contributed by atoms with Crippen LogP contribution in [-0.4, -0.2) is 18.5 Å². The first-order valence-electron chi connectivity index (χ1n) is 7.17. The molecule has 2 aromatic carbocycles. The van der Waals surface area contributed by atoms with E-state index in [0.29, 0.717) is 21.9 Å². The van der Waals surface area contributed by atoms with Crippen molar-refractivity contribution in [2.24, 2.45) is 0 Å². The molecule has 2 aromatic rings. The highest BCUT2D eigenvalue weighted by Gasteiger charge is 2.18. The summed E-state index contributed by atoms with van der Waals surface area (Å²) in [6.07, 6.45) is 0. The fourth-order valence-electron chi connectivity index (χ4n) is 2.24. The number of fused-ring (bicyclic) bond motifs is 1. The third-order valence-electron chi connectivity index (χ3n) is 3.31. The summed E-state index contributed by atoms with van der Waals surface area (Å²) in [7, 11) is 0. The number of hydrogen-bond acceptors (Lipinski definition) is 5. The van der Waals surface area contributed by atoms with E-state index in [4.69, 9.17) is 25.8 Å². The van der Waals surface area contributed by atoms with E-state index in [1.165, 1.54) is 23.9 Å². The van der Waals surface area contributed by atoms with Gasteiger partial charge in [0.15, 0.2) is 6.79 Å². The third-order valence-corrected chi connectivity index (χ3v) is 4.55. The van der Waals surface area contributed by atoms with Crippen LogP contribution < -0.4 is 4.74 Å². The number of carbonyl (C=O) groups is 1. The molecule has 24 heavy (non-hydrogen) atoms. The summed E-state index contributed by atoms with van der Waals surface area (Å²) < 4.78 is 29.3. The molecule has 4 nitrogen and oxygen atoms in total. The Morgan fingerprint density at radius 2 is 2.08 bits per heavy atom. The van der Waals surface area contributed by atoms with Crippen molar-refractivity contribution in [1.29, 1.82) is 0 Å². The van der Waals surface area contributed by atoms with Gasteiger partial charge in [-0.25, -0.2) is 4.39 Å². The second kappa shape index (κ2) is 7.88. The topological polar surface area (TPSA) is 44.8 Å². The van der Waals surface area contributed by atoms with E-state index < -0.39 is 5.82 Å². The number of hydrogen-bond donors (Lipinski definition) is 0. The Morgan fingerprint density at radius 3 is 2.88 bits per heavy atom. The quantitative estimate of drug-likeness (QED) is 0.585. The number of halogens is 2. The van der Waals surface area contributed by atoms with E-state index in [1.807, 2.05) is 12.1 Å². The molecule has 3 rings (SSSR count). The first-order valence-corrected chi connectivity index (χ1v) is 8.54. The van der Waals surface area contributed by atoms with Crippen LogP contribution in [0.15, 0.2) is 41.3 Å². The van der Waals surface area contributed by atoms with Gasteiger partial charge in [-0.1, -0.05) is 11.6 Å². The van der Waals surface area contributed by atoms with Crippen molar-refractivity contribution in [1.82, 2.24) is 0 Å². The zero-order chi connectivity index (χ0) is 16.9. The average molecular weight is 369 g/mol. The van der Waals surface area contributed by atoms with Gasteiger partial charge in [0.2, 0.25) is 0 Å². The number of thioether (sulfide) groups is 1. The summed E-state index contributed by atoms with van der Waals surface area (Å²) in [5.74, 6) is -0.117. The van der Waals surface area contributed by atoms with Gasteiger partial charge in [0.25, 0.3) is 0 Å². The summed E-state index contributed by atoms with van der Waals surface area (Å²) in [5.41, 5.74) is 1.11. The maximum absolute atomic E-state index is 13.6. The lowest BCUT2D eigenvalue weighted by Gasteiger charge is -2.20. The van der Waals surface area contributed by atoms with Gasteiger partial charge in [-0.05, 0) is 36.4 Å². The summed E-state index contributed by atoms with van der Waals surface area (Å²) in [6, 6.07) is 9.84. The zero-order valence-corrected chi connectivity index (χ0v) is 14.2. The second-order valence-electron chi connectivity index (χ2n) is 5.07. The van der Waals surface area contributed by atoms with Crippen LogP contribution in [0.5, 0.6) is 5.75 Å². The van der Waals surface area contributed by atoms with Gasteiger partial charge in [-0.2, -0.15) is 0 Å². The number of ether oxygens (including phenoxy) is 3. The molecule has 0 N–H and O–H groups in total. The van der Waals surface area contributed by atoms with Crippen molar-refractivity contribution in [2.45, 2.75) is 18.1 Å². The van der Waals surface area contributed by atoms with E-state index in [-0.39, 0.29) is 31.7 Å². The summed E-state index contributed by atoms with van der Waals surface area (Å²) in [5, 5.41) is 0.641. The molecule has 0 aliphatic carbocycles. The molecule has 0 fully saturated rings. The number of rotatable bonds is 5. The molecule has 126 valence electrons. The van der Waals surface area contributed by atoms with Gasteiger partial charge in [0.1, 0.15) is 18.2 Å². The van der Waals surface area contributed by atoms with E-state index >= 15 is 0 Å². The average Bonchev–Trinajstić information content (AvgIpc) is 2.59. The summed E-state index contributed by atoms with van der Waals surface area (Å²) in [4.78, 5) is 12.8. The minimum absolute atomic E-state index is 0.0416. The molecule has 0 radical (unpaired) electrons. The maximum atomic E-state index is 13.6. The molecule has 0 unspecified atom stereocenters. The molecule has 1 heterocycles. The molecule has 0 saturated heterocycles. The number of esters is 1. The lowest BCUT2D eigenvalue weighted by atomic mass is 10.1. The molecular weight excluding hydrogens is 355 g/mol. The van der Waals surface area contributed by atoms with E-state index in [9.17, 15) is 9.18 Å². The summed E-state index contributed by atoms with van der Waals surface area (Å²) in [6.45, 7) is 0.340. The molecule has 0 atom stereocenters. The Labute approximate surface area is 147 Å². The molecule has 7 heteroatoms. The van der Waals surface area contributed by atoms with Crippen LogP contribution >= 0.6 is 23.4 Å². The molecule has 1 aliphatic heterocycles. The standard InChI is InChI=1S/C17H14ClFO4S/c18-13-1-3-15(4-2-13)24-9-16(20)22-8-12-6-14(19)5-11-7-21-10-23-17(11)12/h1-6H,7-10H2. The van der Waals surface area contributed by atoms with Crippen molar-refractivity contribution in [2.75, 3.05) is 12.5 Å². The largest absolute Gasteiger partial charge is 0.467 e. The number of benzene rings is 2. The SMILES string of the molecule is O=C(CSc1ccc(Cl)cc1)OCc1cc(F)cc2c1OCOC2. The second-order valence-corrected chi connectivity index (χ2v) is 6.55. The lowest BCUT2D eigenvalue weighted by Crippen LogP contribution is -2.15. The minimum Gasteiger partial charge on any atom is -0.467 e. The molecule has 0 aromatic heterocycles. The van der Waals surface area contributed by atoms with Gasteiger partial charge >= 0.3 is 5.97 Å². The number of carbonyl (C=O) groups excluding carboxylic acids is 1. The fraction of sp³-hybridized carbons (Fsp3) is 0.235. The summed E-state index contributed by atoms with van der Waals surface area (Å²) >= 11 is 7.16. The van der Waals surface area contributed by atoms with Crippen LogP contribution in [0.1, 0.15) is 11.1 Å². The predicted molar refractivity (Wildman–Crippen MR) is 88.7 cm³/mol. The Hall–Kier alpha value is -1.76. The molecule has 1 aliphatic rings. The molecule has 0 saturated carbocycles. The van der Waals surface area contributed by atoms with Crippen molar-refractivity contribution >= 4 is 29.3 Å². The van der Waals surface area contributed by atoms with E-state index in [0.717, 1.165) is 4.90 Å². The minimum atomic E-state index is -0.413. The first-order chi connectivity index (χ1) is 11.6. The predicted octanol–water partition coefficient (Wildman–Crippen LogP) is 4.18. The van der Waals surface area contributed by atoms with Crippen LogP contribution in [0.3, 0.4) is 0 Å². The zero-order valence-electron chi connectivity index (χ0n) is 12.6. The van der Waals surface area contributed by atoms with Crippen LogP contribution in [-0.2, 0) is 27.5 Å². The molecular formula is C17H14ClFO4S. The van der Waals surface area contributed by atoms with Crippen molar-refractivity contribution < 1.29 is 23.4 Å². The van der Waals surface area contributed by atoms with Gasteiger partial charge in [-0.3, -0.25) is 4.79 Å². The monoisotopic (exact) mass is 368 g/mol. The van der Waals surface area contributed by atoms with Crippen molar-refractivity contribution in [3.05, 3.63) is 58.4 Å². The normalized spacial score (nSPS) is 13.1. The van der Waals surface area contributed by atoms with Crippen molar-refractivity contribution in [3.63, 3.8) is 0 Å². The van der Waals surface area contributed by atoms with Gasteiger partial charge in [-0.15, -0.1) is 11.8 Å². The smallest absolute Gasteiger partial charge is 0.316 e. The lowest BCUT2D eigenvalue weighted by molar-refractivity contribution is -0.141. The maximum Gasteiger partial charge on any atom is 0.316 e. The Bertz CT molecular complexity index is 736. The van der Waals surface area contributed by atoms with E-state index in [1.54, 1.807) is 12.1 Å². The van der Waals surface area contributed by atoms with Gasteiger partial charge in [0, 0.05) is 21.0 Å². The van der Waals surface area contributed by atoms with Crippen LogP contribution in [0.25, 0.3) is 0 Å². The van der Waals surface area contributed by atoms with Gasteiger partial charge in [0.05, 0.1) is 12.4 Å². The highest BCUT2D eigenvalue weighted by atomic mass is 35.5. The van der Waals surface area contributed by atoms with Crippen LogP contribution in [0, 0.1) is 5.82 Å². The Kier molecular flexibility index (Phi) is 5.60. The van der Waals surface area contributed by atoms with E-state index in [2.05, 4.69) is 0 Å². The third kappa shape index (κ3) is 4.41. The van der Waals surface area contributed by atoms with Gasteiger partial charge < -0.3 is 14.2 Å². The van der Waals surface area contributed by atoms with Crippen molar-refractivity contribution in [3.8, 4) is 5.75 Å². The molecule has 0 bridgehead atoms. The highest BCUT2D eigenvalue weighted by Crippen LogP contribution is 2.30. The highest BCUT2D eigenvalue weighted by molar-refractivity contribution is 8.00. The molecule has 0 amide bonds. The molecule has 0 spiro atoms. The Morgan fingerprint density at radius 1 is 1.29 bits per heavy atom.